The molecule has 1 fully saturated rings. The maximum absolute atomic E-state index is 13.6. The molecular formula is C34H30N2O7. The molecule has 2 aliphatic rings. The first-order chi connectivity index (χ1) is 21.0. The first kappa shape index (κ1) is 28.0. The fourth-order valence-corrected chi connectivity index (χ4v) is 5.73. The SMILES string of the molecule is COc1ccc(/C=C2\CCC[C@H]3C2=NN(C(=O)COC(=O)c2coc4ccccc4c2=O)[C@H]3c2ccc(OC)cc2)cc1. The van der Waals surface area contributed by atoms with Crippen molar-refractivity contribution < 1.29 is 28.2 Å². The maximum atomic E-state index is 13.6. The van der Waals surface area contributed by atoms with Crippen LogP contribution in [0, 0.1) is 5.92 Å². The fourth-order valence-electron chi connectivity index (χ4n) is 5.73. The zero-order valence-electron chi connectivity index (χ0n) is 23.8. The quantitative estimate of drug-likeness (QED) is 0.256. The van der Waals surface area contributed by atoms with Crippen molar-refractivity contribution in [3.05, 3.63) is 112 Å². The van der Waals surface area contributed by atoms with Gasteiger partial charge in [-0.15, -0.1) is 0 Å². The predicted octanol–water partition coefficient (Wildman–Crippen LogP) is 5.79. The van der Waals surface area contributed by atoms with Crippen molar-refractivity contribution in [3.8, 4) is 11.5 Å². The van der Waals surface area contributed by atoms with Gasteiger partial charge in [-0.3, -0.25) is 9.59 Å². The van der Waals surface area contributed by atoms with Crippen molar-refractivity contribution in [2.24, 2.45) is 11.0 Å². The van der Waals surface area contributed by atoms with E-state index in [1.54, 1.807) is 38.5 Å². The third-order valence-corrected chi connectivity index (χ3v) is 7.90. The first-order valence-electron chi connectivity index (χ1n) is 14.0. The predicted molar refractivity (Wildman–Crippen MR) is 161 cm³/mol. The van der Waals surface area contributed by atoms with Gasteiger partial charge in [0.1, 0.15) is 28.9 Å². The number of nitrogens with zero attached hydrogens (tertiary/aromatic N) is 2. The molecule has 6 rings (SSSR count). The van der Waals surface area contributed by atoms with Crippen LogP contribution in [0.25, 0.3) is 17.0 Å². The van der Waals surface area contributed by atoms with E-state index in [0.717, 1.165) is 53.7 Å². The van der Waals surface area contributed by atoms with Crippen molar-refractivity contribution in [1.82, 2.24) is 5.01 Å². The smallest absolute Gasteiger partial charge is 0.345 e. The van der Waals surface area contributed by atoms with E-state index in [1.807, 2.05) is 48.5 Å². The third-order valence-electron chi connectivity index (χ3n) is 7.90. The second kappa shape index (κ2) is 12.0. The maximum Gasteiger partial charge on any atom is 0.345 e. The molecule has 9 nitrogen and oxygen atoms in total. The molecule has 0 bridgehead atoms. The number of para-hydroxylation sites is 1. The summed E-state index contributed by atoms with van der Waals surface area (Å²) >= 11 is 0. The van der Waals surface area contributed by atoms with Crippen LogP contribution in [0.3, 0.4) is 0 Å². The molecule has 0 saturated heterocycles. The van der Waals surface area contributed by atoms with Crippen LogP contribution in [-0.4, -0.2) is 43.4 Å². The monoisotopic (exact) mass is 578 g/mol. The van der Waals surface area contributed by atoms with E-state index in [2.05, 4.69) is 6.08 Å². The van der Waals surface area contributed by atoms with E-state index in [0.29, 0.717) is 11.3 Å². The van der Waals surface area contributed by atoms with Crippen molar-refractivity contribution in [3.63, 3.8) is 0 Å². The summed E-state index contributed by atoms with van der Waals surface area (Å²) < 4.78 is 21.4. The van der Waals surface area contributed by atoms with Crippen LogP contribution >= 0.6 is 0 Å². The summed E-state index contributed by atoms with van der Waals surface area (Å²) in [7, 11) is 3.23. The number of hydrazone groups is 1. The molecule has 1 aliphatic heterocycles. The number of allylic oxidation sites excluding steroid dienone is 1. The van der Waals surface area contributed by atoms with Crippen LogP contribution in [0.2, 0.25) is 0 Å². The van der Waals surface area contributed by atoms with E-state index in [9.17, 15) is 14.4 Å². The Balaban J connectivity index is 1.28. The highest BCUT2D eigenvalue weighted by atomic mass is 16.5. The van der Waals surface area contributed by atoms with E-state index in [1.165, 1.54) is 5.01 Å². The molecule has 4 aromatic rings. The molecule has 43 heavy (non-hydrogen) atoms. The van der Waals surface area contributed by atoms with E-state index in [4.69, 9.17) is 23.7 Å². The van der Waals surface area contributed by atoms with Gasteiger partial charge in [-0.2, -0.15) is 5.10 Å². The molecule has 2 atom stereocenters. The summed E-state index contributed by atoms with van der Waals surface area (Å²) in [4.78, 5) is 39.4. The number of amides is 1. The van der Waals surface area contributed by atoms with Gasteiger partial charge in [0.2, 0.25) is 5.43 Å². The van der Waals surface area contributed by atoms with Gasteiger partial charge in [0.05, 0.1) is 31.4 Å². The number of carbonyl (C=O) groups excluding carboxylic acids is 2. The second-order valence-corrected chi connectivity index (χ2v) is 10.4. The van der Waals surface area contributed by atoms with Crippen LogP contribution in [0.15, 0.2) is 98.9 Å². The lowest BCUT2D eigenvalue weighted by Gasteiger charge is -2.29. The summed E-state index contributed by atoms with van der Waals surface area (Å²) in [5, 5.41) is 6.52. The van der Waals surface area contributed by atoms with Crippen LogP contribution in [0.5, 0.6) is 11.5 Å². The van der Waals surface area contributed by atoms with Gasteiger partial charge in [-0.05, 0) is 78.4 Å². The van der Waals surface area contributed by atoms with Gasteiger partial charge in [0, 0.05) is 5.92 Å². The highest BCUT2D eigenvalue weighted by Gasteiger charge is 2.44. The molecule has 1 amide bonds. The molecule has 1 aliphatic carbocycles. The molecule has 218 valence electrons. The Bertz CT molecular complexity index is 1790. The second-order valence-electron chi connectivity index (χ2n) is 10.4. The summed E-state index contributed by atoms with van der Waals surface area (Å²) in [5.74, 6) is 0.00366. The number of ether oxygens (including phenoxy) is 3. The normalized spacial score (nSPS) is 18.7. The lowest BCUT2D eigenvalue weighted by Crippen LogP contribution is -2.34. The summed E-state index contributed by atoms with van der Waals surface area (Å²) in [6, 6.07) is 21.6. The standard InChI is InChI=1S/C34H30N2O7/c1-40-24-14-10-21(11-15-24)18-23-6-5-8-27-31(23)35-36(32(27)22-12-16-25(41-2)17-13-22)30(37)20-43-34(39)28-19-42-29-9-4-3-7-26(29)33(28)38/h3-4,7,9-19,27,32H,5-6,8,20H2,1-2H3/b23-18+/t27-,32-/m0/s1. The number of methoxy groups -OCH3 is 2. The molecule has 0 unspecified atom stereocenters. The van der Waals surface area contributed by atoms with Crippen molar-refractivity contribution in [2.75, 3.05) is 20.8 Å². The van der Waals surface area contributed by atoms with E-state index >= 15 is 0 Å². The first-order valence-corrected chi connectivity index (χ1v) is 14.0. The zero-order valence-corrected chi connectivity index (χ0v) is 23.8. The number of rotatable bonds is 7. The molecule has 9 heteroatoms. The van der Waals surface area contributed by atoms with Crippen LogP contribution < -0.4 is 14.9 Å². The van der Waals surface area contributed by atoms with Crippen LogP contribution in [0.1, 0.15) is 46.8 Å². The molecule has 0 radical (unpaired) electrons. The van der Waals surface area contributed by atoms with Gasteiger partial charge in [-0.1, -0.05) is 36.4 Å². The zero-order chi connectivity index (χ0) is 29.9. The molecule has 1 saturated carbocycles. The van der Waals surface area contributed by atoms with Gasteiger partial charge in [0.25, 0.3) is 5.91 Å². The Kier molecular flexibility index (Phi) is 7.79. The fraction of sp³-hybridized carbons (Fsp3) is 0.235. The summed E-state index contributed by atoms with van der Waals surface area (Å²) in [6.07, 6.45) is 5.77. The minimum Gasteiger partial charge on any atom is -0.497 e. The number of fused-ring (bicyclic) bond motifs is 2. The van der Waals surface area contributed by atoms with E-state index < -0.39 is 30.0 Å². The minimum absolute atomic E-state index is 0.0428. The minimum atomic E-state index is -0.932. The van der Waals surface area contributed by atoms with E-state index in [-0.39, 0.29) is 16.9 Å². The highest BCUT2D eigenvalue weighted by molar-refractivity contribution is 6.08. The van der Waals surface area contributed by atoms with Crippen molar-refractivity contribution in [1.29, 1.82) is 0 Å². The van der Waals surface area contributed by atoms with Crippen molar-refractivity contribution >= 4 is 34.6 Å². The Morgan fingerprint density at radius 1 is 0.977 bits per heavy atom. The lowest BCUT2D eigenvalue weighted by molar-refractivity contribution is -0.137. The van der Waals surface area contributed by atoms with Crippen LogP contribution in [0.4, 0.5) is 0 Å². The summed E-state index contributed by atoms with van der Waals surface area (Å²) in [6.45, 7) is -0.585. The number of hydrogen-bond acceptors (Lipinski definition) is 8. The Labute approximate surface area is 248 Å². The van der Waals surface area contributed by atoms with Gasteiger partial charge < -0.3 is 18.6 Å². The topological polar surface area (TPSA) is 108 Å². The molecule has 1 aromatic heterocycles. The Morgan fingerprint density at radius 3 is 2.40 bits per heavy atom. The number of benzene rings is 3. The molecule has 2 heterocycles. The molecule has 0 spiro atoms. The number of carbonyl (C=O) groups is 2. The average Bonchev–Trinajstić information content (AvgIpc) is 3.45. The lowest BCUT2D eigenvalue weighted by atomic mass is 9.77. The molecular weight excluding hydrogens is 548 g/mol. The van der Waals surface area contributed by atoms with Gasteiger partial charge >= 0.3 is 5.97 Å². The third kappa shape index (κ3) is 5.53. The van der Waals surface area contributed by atoms with Crippen molar-refractivity contribution in [2.45, 2.75) is 25.3 Å². The highest BCUT2D eigenvalue weighted by Crippen LogP contribution is 2.44. The Hall–Kier alpha value is -5.18. The molecule has 3 aromatic carbocycles. The molecule has 0 N–H and O–H groups in total. The number of hydrogen-bond donors (Lipinski definition) is 0. The number of esters is 1. The van der Waals surface area contributed by atoms with Crippen LogP contribution in [-0.2, 0) is 9.53 Å². The van der Waals surface area contributed by atoms with Gasteiger partial charge in [-0.25, -0.2) is 9.80 Å². The largest absolute Gasteiger partial charge is 0.497 e. The Morgan fingerprint density at radius 2 is 1.67 bits per heavy atom. The van der Waals surface area contributed by atoms with Gasteiger partial charge in [0.15, 0.2) is 6.61 Å². The average molecular weight is 579 g/mol. The summed E-state index contributed by atoms with van der Waals surface area (Å²) in [5.41, 5.74) is 3.37.